The fourth-order valence-corrected chi connectivity index (χ4v) is 2.89. The van der Waals surface area contributed by atoms with Gasteiger partial charge in [0, 0.05) is 31.7 Å². The molecule has 0 aromatic heterocycles. The highest BCUT2D eigenvalue weighted by atomic mass is 16.5. The van der Waals surface area contributed by atoms with E-state index in [1.165, 1.54) is 12.8 Å². The Morgan fingerprint density at radius 1 is 1.08 bits per heavy atom. The zero-order chi connectivity index (χ0) is 16.9. The first-order valence-corrected chi connectivity index (χ1v) is 8.59. The van der Waals surface area contributed by atoms with Gasteiger partial charge in [0.15, 0.2) is 0 Å². The molecule has 0 unspecified atom stereocenters. The zero-order valence-electron chi connectivity index (χ0n) is 14.2. The van der Waals surface area contributed by atoms with Crippen molar-refractivity contribution in [2.24, 2.45) is 5.92 Å². The molecule has 1 N–H and O–H groups in total. The molecule has 1 aliphatic carbocycles. The highest BCUT2D eigenvalue weighted by Crippen LogP contribution is 2.27. The van der Waals surface area contributed by atoms with Crippen LogP contribution < -0.4 is 10.1 Å². The third-order valence-corrected chi connectivity index (χ3v) is 4.66. The summed E-state index contributed by atoms with van der Waals surface area (Å²) in [5.74, 6) is 1.65. The summed E-state index contributed by atoms with van der Waals surface area (Å²) in [6.45, 7) is 3.72. The lowest BCUT2D eigenvalue weighted by atomic mass is 10.1. The van der Waals surface area contributed by atoms with Crippen LogP contribution in [-0.2, 0) is 4.79 Å². The lowest BCUT2D eigenvalue weighted by Gasteiger charge is -2.35. The standard InChI is InChI=1S/C18H25N3O3/c1-24-16-6-4-15(5-7-16)18(23)21-10-8-20(9-11-21)17(22)13-19-12-14-2-3-14/h4-7,14,19H,2-3,8-13H2,1H3. The maximum absolute atomic E-state index is 12.5. The lowest BCUT2D eigenvalue weighted by molar-refractivity contribution is -0.131. The summed E-state index contributed by atoms with van der Waals surface area (Å²) in [4.78, 5) is 28.3. The number of rotatable bonds is 6. The van der Waals surface area contributed by atoms with E-state index in [1.54, 1.807) is 31.4 Å². The second-order valence-electron chi connectivity index (χ2n) is 6.48. The van der Waals surface area contributed by atoms with Crippen LogP contribution in [0, 0.1) is 5.92 Å². The molecule has 2 aliphatic rings. The van der Waals surface area contributed by atoms with Crippen molar-refractivity contribution in [3.05, 3.63) is 29.8 Å². The van der Waals surface area contributed by atoms with Gasteiger partial charge >= 0.3 is 0 Å². The summed E-state index contributed by atoms with van der Waals surface area (Å²) >= 11 is 0. The van der Waals surface area contributed by atoms with Crippen molar-refractivity contribution in [1.82, 2.24) is 15.1 Å². The third-order valence-electron chi connectivity index (χ3n) is 4.66. The molecule has 0 atom stereocenters. The van der Waals surface area contributed by atoms with E-state index in [1.807, 2.05) is 9.80 Å². The summed E-state index contributed by atoms with van der Waals surface area (Å²) in [6.07, 6.45) is 2.57. The third kappa shape index (κ3) is 4.26. The van der Waals surface area contributed by atoms with Gasteiger partial charge in [0.2, 0.25) is 5.91 Å². The molecule has 1 aromatic rings. The van der Waals surface area contributed by atoms with E-state index >= 15 is 0 Å². The number of ether oxygens (including phenoxy) is 1. The second-order valence-corrected chi connectivity index (χ2v) is 6.48. The van der Waals surface area contributed by atoms with Crippen LogP contribution in [0.4, 0.5) is 0 Å². The average molecular weight is 331 g/mol. The van der Waals surface area contributed by atoms with E-state index in [4.69, 9.17) is 4.74 Å². The molecule has 1 aromatic carbocycles. The summed E-state index contributed by atoms with van der Waals surface area (Å²) in [7, 11) is 1.60. The molecular formula is C18H25N3O3. The maximum atomic E-state index is 12.5. The quantitative estimate of drug-likeness (QED) is 0.844. The fraction of sp³-hybridized carbons (Fsp3) is 0.556. The van der Waals surface area contributed by atoms with Gasteiger partial charge in [-0.2, -0.15) is 0 Å². The van der Waals surface area contributed by atoms with Crippen molar-refractivity contribution >= 4 is 11.8 Å². The Morgan fingerprint density at radius 3 is 2.29 bits per heavy atom. The number of amides is 2. The molecule has 0 bridgehead atoms. The predicted molar refractivity (Wildman–Crippen MR) is 91.1 cm³/mol. The smallest absolute Gasteiger partial charge is 0.253 e. The maximum Gasteiger partial charge on any atom is 0.253 e. The number of carbonyl (C=O) groups is 2. The average Bonchev–Trinajstić information content (AvgIpc) is 3.45. The molecule has 3 rings (SSSR count). The van der Waals surface area contributed by atoms with Crippen molar-refractivity contribution in [2.45, 2.75) is 12.8 Å². The Labute approximate surface area is 142 Å². The number of nitrogens with zero attached hydrogens (tertiary/aromatic N) is 2. The molecule has 6 nitrogen and oxygen atoms in total. The second kappa shape index (κ2) is 7.66. The molecule has 2 amide bonds. The van der Waals surface area contributed by atoms with Crippen LogP contribution >= 0.6 is 0 Å². The Kier molecular flexibility index (Phi) is 5.35. The summed E-state index contributed by atoms with van der Waals surface area (Å²) < 4.78 is 5.11. The van der Waals surface area contributed by atoms with Crippen LogP contribution in [0.3, 0.4) is 0 Å². The minimum atomic E-state index is 0.0108. The molecule has 130 valence electrons. The highest BCUT2D eigenvalue weighted by molar-refractivity contribution is 5.94. The Morgan fingerprint density at radius 2 is 1.71 bits per heavy atom. The number of hydrogen-bond acceptors (Lipinski definition) is 4. The topological polar surface area (TPSA) is 61.9 Å². The van der Waals surface area contributed by atoms with Crippen LogP contribution in [0.25, 0.3) is 0 Å². The molecule has 24 heavy (non-hydrogen) atoms. The molecular weight excluding hydrogens is 306 g/mol. The first-order chi connectivity index (χ1) is 11.7. The predicted octanol–water partition coefficient (Wildman–Crippen LogP) is 0.979. The van der Waals surface area contributed by atoms with E-state index in [0.29, 0.717) is 38.3 Å². The zero-order valence-corrected chi connectivity index (χ0v) is 14.2. The van der Waals surface area contributed by atoms with Crippen LogP contribution in [-0.4, -0.2) is 68.0 Å². The van der Waals surface area contributed by atoms with Crippen molar-refractivity contribution in [3.63, 3.8) is 0 Å². The molecule has 1 saturated carbocycles. The largest absolute Gasteiger partial charge is 0.497 e. The highest BCUT2D eigenvalue weighted by Gasteiger charge is 2.25. The SMILES string of the molecule is COc1ccc(C(=O)N2CCN(C(=O)CNCC3CC3)CC2)cc1. The minimum Gasteiger partial charge on any atom is -0.497 e. The van der Waals surface area contributed by atoms with Gasteiger partial charge in [-0.25, -0.2) is 0 Å². The van der Waals surface area contributed by atoms with Crippen LogP contribution in [0.5, 0.6) is 5.75 Å². The van der Waals surface area contributed by atoms with E-state index < -0.39 is 0 Å². The van der Waals surface area contributed by atoms with Gasteiger partial charge in [-0.1, -0.05) is 0 Å². The first kappa shape index (κ1) is 16.8. The van der Waals surface area contributed by atoms with E-state index in [-0.39, 0.29) is 11.8 Å². The molecule has 1 aliphatic heterocycles. The Balaban J connectivity index is 1.44. The Hall–Kier alpha value is -2.08. The van der Waals surface area contributed by atoms with Gasteiger partial charge in [0.25, 0.3) is 5.91 Å². The van der Waals surface area contributed by atoms with Gasteiger partial charge < -0.3 is 19.9 Å². The van der Waals surface area contributed by atoms with Crippen LogP contribution in [0.2, 0.25) is 0 Å². The van der Waals surface area contributed by atoms with Gasteiger partial charge in [-0.05, 0) is 49.6 Å². The number of carbonyl (C=O) groups excluding carboxylic acids is 2. The van der Waals surface area contributed by atoms with Gasteiger partial charge in [-0.15, -0.1) is 0 Å². The molecule has 1 saturated heterocycles. The summed E-state index contributed by atoms with van der Waals surface area (Å²) in [5, 5.41) is 3.23. The number of nitrogens with one attached hydrogen (secondary N) is 1. The monoisotopic (exact) mass is 331 g/mol. The summed E-state index contributed by atoms with van der Waals surface area (Å²) in [6, 6.07) is 7.14. The van der Waals surface area contributed by atoms with Gasteiger partial charge in [0.05, 0.1) is 13.7 Å². The normalized spacial score (nSPS) is 17.7. The van der Waals surface area contributed by atoms with Gasteiger partial charge in [-0.3, -0.25) is 9.59 Å². The lowest BCUT2D eigenvalue weighted by Crippen LogP contribution is -2.52. The number of hydrogen-bond donors (Lipinski definition) is 1. The number of piperazine rings is 1. The number of benzene rings is 1. The van der Waals surface area contributed by atoms with Crippen molar-refractivity contribution < 1.29 is 14.3 Å². The summed E-state index contributed by atoms with van der Waals surface area (Å²) in [5.41, 5.74) is 0.654. The molecule has 0 radical (unpaired) electrons. The van der Waals surface area contributed by atoms with Gasteiger partial charge in [0.1, 0.15) is 5.75 Å². The first-order valence-electron chi connectivity index (χ1n) is 8.59. The van der Waals surface area contributed by atoms with Crippen molar-refractivity contribution in [2.75, 3.05) is 46.4 Å². The molecule has 6 heteroatoms. The molecule has 0 spiro atoms. The fourth-order valence-electron chi connectivity index (χ4n) is 2.89. The van der Waals surface area contributed by atoms with E-state index in [2.05, 4.69) is 5.32 Å². The number of methoxy groups -OCH3 is 1. The van der Waals surface area contributed by atoms with Crippen LogP contribution in [0.1, 0.15) is 23.2 Å². The Bertz CT molecular complexity index is 576. The molecule has 2 fully saturated rings. The minimum absolute atomic E-state index is 0.0108. The van der Waals surface area contributed by atoms with E-state index in [9.17, 15) is 9.59 Å². The molecule has 1 heterocycles. The van der Waals surface area contributed by atoms with Crippen LogP contribution in [0.15, 0.2) is 24.3 Å². The van der Waals surface area contributed by atoms with E-state index in [0.717, 1.165) is 18.2 Å². The van der Waals surface area contributed by atoms with Crippen molar-refractivity contribution in [1.29, 1.82) is 0 Å². The van der Waals surface area contributed by atoms with Crippen molar-refractivity contribution in [3.8, 4) is 5.75 Å².